The van der Waals surface area contributed by atoms with Crippen molar-refractivity contribution in [3.8, 4) is 23.0 Å². The van der Waals surface area contributed by atoms with E-state index in [1.807, 2.05) is 12.1 Å². The van der Waals surface area contributed by atoms with Crippen molar-refractivity contribution >= 4 is 23.5 Å². The van der Waals surface area contributed by atoms with Gasteiger partial charge in [0.1, 0.15) is 23.0 Å². The van der Waals surface area contributed by atoms with Gasteiger partial charge in [-0.05, 0) is 61.0 Å². The van der Waals surface area contributed by atoms with Gasteiger partial charge in [-0.2, -0.15) is 0 Å². The summed E-state index contributed by atoms with van der Waals surface area (Å²) in [4.78, 5) is 29.4. The lowest BCUT2D eigenvalue weighted by Gasteiger charge is -2.32. The summed E-state index contributed by atoms with van der Waals surface area (Å²) >= 11 is 0. The molecule has 1 saturated heterocycles. The topological polar surface area (TPSA) is 98.8 Å². The van der Waals surface area contributed by atoms with E-state index in [-0.39, 0.29) is 11.1 Å². The summed E-state index contributed by atoms with van der Waals surface area (Å²) in [5.41, 5.74) is 4.94. The summed E-state index contributed by atoms with van der Waals surface area (Å²) < 4.78 is 26.9. The Labute approximate surface area is 229 Å². The lowest BCUT2D eigenvalue weighted by Crippen LogP contribution is -2.53. The Morgan fingerprint density at radius 1 is 0.769 bits per heavy atom. The highest BCUT2D eigenvalue weighted by Gasteiger charge is 2.27. The van der Waals surface area contributed by atoms with Gasteiger partial charge in [0.15, 0.2) is 0 Å². The van der Waals surface area contributed by atoms with Crippen molar-refractivity contribution in [3.05, 3.63) is 58.7 Å². The standard InChI is InChI=1S/C29H37N3O7/c1-19(21-15-24(37-5)18-25(16-21)38-6)27(29(34)39-7)26(28(33)30-32-10-8-31(2)9-11-32)14-20-12-22(35-3)17-23(13-20)36-4/h12-18H,8-11H2,1-7H3,(H,30,33)/b26-14+,27-19-. The minimum absolute atomic E-state index is 0.0984. The largest absolute Gasteiger partial charge is 0.497 e. The quantitative estimate of drug-likeness (QED) is 0.278. The number of hydrogen-bond donors (Lipinski definition) is 1. The van der Waals surface area contributed by atoms with Crippen LogP contribution in [-0.4, -0.2) is 90.6 Å². The molecule has 1 N–H and O–H groups in total. The van der Waals surface area contributed by atoms with Gasteiger partial charge in [0, 0.05) is 38.3 Å². The van der Waals surface area contributed by atoms with Crippen LogP contribution in [0.15, 0.2) is 47.5 Å². The molecule has 1 aliphatic heterocycles. The zero-order chi connectivity index (χ0) is 28.5. The zero-order valence-corrected chi connectivity index (χ0v) is 23.6. The minimum atomic E-state index is -0.663. The maximum atomic E-state index is 13.9. The number of likely N-dealkylation sites (N-methyl/N-ethyl adjacent to an activating group) is 1. The first-order valence-electron chi connectivity index (χ1n) is 12.4. The van der Waals surface area contributed by atoms with Crippen molar-refractivity contribution in [2.45, 2.75) is 6.92 Å². The van der Waals surface area contributed by atoms with E-state index < -0.39 is 11.9 Å². The number of benzene rings is 2. The molecule has 39 heavy (non-hydrogen) atoms. The lowest BCUT2D eigenvalue weighted by molar-refractivity contribution is -0.136. The molecule has 210 valence electrons. The Morgan fingerprint density at radius 3 is 1.72 bits per heavy atom. The Bertz CT molecular complexity index is 1200. The van der Waals surface area contributed by atoms with E-state index in [0.29, 0.717) is 52.8 Å². The molecule has 0 aliphatic carbocycles. The van der Waals surface area contributed by atoms with Crippen LogP contribution in [0.5, 0.6) is 23.0 Å². The highest BCUT2D eigenvalue weighted by atomic mass is 16.5. The summed E-state index contributed by atoms with van der Waals surface area (Å²) in [6, 6.07) is 10.5. The number of rotatable bonds is 10. The first-order valence-corrected chi connectivity index (χ1v) is 12.4. The predicted molar refractivity (Wildman–Crippen MR) is 149 cm³/mol. The third-order valence-electron chi connectivity index (χ3n) is 6.51. The maximum Gasteiger partial charge on any atom is 0.338 e. The number of nitrogens with zero attached hydrogens (tertiary/aromatic N) is 2. The summed E-state index contributed by atoms with van der Waals surface area (Å²) in [5, 5.41) is 1.85. The summed E-state index contributed by atoms with van der Waals surface area (Å²) in [6.07, 6.45) is 1.63. The van der Waals surface area contributed by atoms with Gasteiger partial charge < -0.3 is 28.6 Å². The number of carbonyl (C=O) groups is 2. The Kier molecular flexibility index (Phi) is 10.4. The van der Waals surface area contributed by atoms with Crippen LogP contribution >= 0.6 is 0 Å². The summed E-state index contributed by atoms with van der Waals surface area (Å²) in [5.74, 6) is 1.05. The van der Waals surface area contributed by atoms with Crippen molar-refractivity contribution in [2.75, 3.05) is 68.8 Å². The molecule has 1 amide bonds. The van der Waals surface area contributed by atoms with Gasteiger partial charge in [-0.25, -0.2) is 9.80 Å². The molecular weight excluding hydrogens is 502 g/mol. The minimum Gasteiger partial charge on any atom is -0.497 e. The van der Waals surface area contributed by atoms with Gasteiger partial charge in [0.05, 0.1) is 46.7 Å². The molecule has 0 radical (unpaired) electrons. The maximum absolute atomic E-state index is 13.9. The molecule has 2 aromatic carbocycles. The number of ether oxygens (including phenoxy) is 5. The van der Waals surface area contributed by atoms with Gasteiger partial charge in [-0.15, -0.1) is 0 Å². The van der Waals surface area contributed by atoms with Crippen LogP contribution in [0.2, 0.25) is 0 Å². The smallest absolute Gasteiger partial charge is 0.338 e. The molecule has 1 aliphatic rings. The van der Waals surface area contributed by atoms with Crippen molar-refractivity contribution in [2.24, 2.45) is 0 Å². The van der Waals surface area contributed by atoms with Gasteiger partial charge in [0.2, 0.25) is 0 Å². The van der Waals surface area contributed by atoms with E-state index in [2.05, 4.69) is 10.3 Å². The van der Waals surface area contributed by atoms with E-state index in [0.717, 1.165) is 13.1 Å². The fourth-order valence-electron chi connectivity index (χ4n) is 4.19. The first-order chi connectivity index (χ1) is 18.7. The molecule has 0 bridgehead atoms. The molecule has 0 saturated carbocycles. The third kappa shape index (κ3) is 7.52. The van der Waals surface area contributed by atoms with Crippen molar-refractivity contribution in [1.82, 2.24) is 15.3 Å². The van der Waals surface area contributed by atoms with Crippen molar-refractivity contribution < 1.29 is 33.3 Å². The van der Waals surface area contributed by atoms with E-state index in [4.69, 9.17) is 23.7 Å². The van der Waals surface area contributed by atoms with Crippen LogP contribution in [0.4, 0.5) is 0 Å². The van der Waals surface area contributed by atoms with Gasteiger partial charge in [-0.3, -0.25) is 10.2 Å². The lowest BCUT2D eigenvalue weighted by atomic mass is 9.93. The highest BCUT2D eigenvalue weighted by molar-refractivity contribution is 6.16. The van der Waals surface area contributed by atoms with E-state index in [1.165, 1.54) is 7.11 Å². The Balaban J connectivity index is 2.22. The Morgan fingerprint density at radius 2 is 1.26 bits per heavy atom. The van der Waals surface area contributed by atoms with E-state index in [1.54, 1.807) is 77.8 Å². The van der Waals surface area contributed by atoms with Crippen LogP contribution in [0.25, 0.3) is 11.6 Å². The van der Waals surface area contributed by atoms with Gasteiger partial charge in [0.25, 0.3) is 5.91 Å². The number of carbonyl (C=O) groups excluding carboxylic acids is 2. The number of allylic oxidation sites excluding steroid dienone is 1. The number of hydrogen-bond acceptors (Lipinski definition) is 9. The molecule has 3 rings (SSSR count). The van der Waals surface area contributed by atoms with Gasteiger partial charge >= 0.3 is 5.97 Å². The molecule has 1 heterocycles. The van der Waals surface area contributed by atoms with Crippen LogP contribution in [-0.2, 0) is 14.3 Å². The molecule has 1 fully saturated rings. The third-order valence-corrected chi connectivity index (χ3v) is 6.51. The Hall–Kier alpha value is -4.02. The second-order valence-corrected chi connectivity index (χ2v) is 9.03. The number of piperazine rings is 1. The predicted octanol–water partition coefficient (Wildman–Crippen LogP) is 3.03. The molecular formula is C29H37N3O7. The second kappa shape index (κ2) is 13.7. The van der Waals surface area contributed by atoms with Crippen molar-refractivity contribution in [3.63, 3.8) is 0 Å². The SMILES string of the molecule is COC(=O)C(=C(/C)c1cc(OC)cc(OC)c1)/C(=C\c1cc(OC)cc(OC)c1)C(=O)NN1CCN(C)CC1. The van der Waals surface area contributed by atoms with E-state index >= 15 is 0 Å². The first kappa shape index (κ1) is 29.5. The van der Waals surface area contributed by atoms with Gasteiger partial charge in [-0.1, -0.05) is 0 Å². The molecule has 0 aromatic heterocycles. The summed E-state index contributed by atoms with van der Waals surface area (Å²) in [7, 11) is 9.50. The highest BCUT2D eigenvalue weighted by Crippen LogP contribution is 2.33. The average Bonchev–Trinajstić information content (AvgIpc) is 2.96. The monoisotopic (exact) mass is 539 g/mol. The van der Waals surface area contributed by atoms with Crippen LogP contribution in [0.3, 0.4) is 0 Å². The molecule has 0 unspecified atom stereocenters. The molecule has 0 atom stereocenters. The average molecular weight is 540 g/mol. The normalized spacial score (nSPS) is 15.2. The van der Waals surface area contributed by atoms with Crippen LogP contribution < -0.4 is 24.4 Å². The molecule has 0 spiro atoms. The zero-order valence-electron chi connectivity index (χ0n) is 23.6. The van der Waals surface area contributed by atoms with Crippen molar-refractivity contribution in [1.29, 1.82) is 0 Å². The fourth-order valence-corrected chi connectivity index (χ4v) is 4.19. The molecule has 10 nitrogen and oxygen atoms in total. The number of esters is 1. The summed E-state index contributed by atoms with van der Waals surface area (Å²) in [6.45, 7) is 4.64. The number of methoxy groups -OCH3 is 5. The van der Waals surface area contributed by atoms with Crippen LogP contribution in [0, 0.1) is 0 Å². The molecule has 2 aromatic rings. The number of amides is 1. The second-order valence-electron chi connectivity index (χ2n) is 9.03. The van der Waals surface area contributed by atoms with Crippen LogP contribution in [0.1, 0.15) is 18.1 Å². The van der Waals surface area contributed by atoms with E-state index in [9.17, 15) is 9.59 Å². The number of hydrazine groups is 1. The number of nitrogens with one attached hydrogen (secondary N) is 1. The molecule has 10 heteroatoms. The fraction of sp³-hybridized carbons (Fsp3) is 0.379.